The van der Waals surface area contributed by atoms with Crippen LogP contribution in [0, 0.1) is 19.8 Å². The van der Waals surface area contributed by atoms with Gasteiger partial charge in [0, 0.05) is 17.2 Å². The number of aryl methyl sites for hydroxylation is 2. The number of anilines is 1. The van der Waals surface area contributed by atoms with Crippen molar-refractivity contribution in [3.05, 3.63) is 95.2 Å². The third-order valence-corrected chi connectivity index (χ3v) is 8.76. The predicted octanol–water partition coefficient (Wildman–Crippen LogP) is 6.10. The fourth-order valence-electron chi connectivity index (χ4n) is 5.02. The second kappa shape index (κ2) is 13.7. The van der Waals surface area contributed by atoms with Gasteiger partial charge in [0.1, 0.15) is 12.4 Å². The molecule has 4 aromatic rings. The number of hydrogen-bond acceptors (Lipinski definition) is 9. The fourth-order valence-corrected chi connectivity index (χ4v) is 6.01. The summed E-state index contributed by atoms with van der Waals surface area (Å²) in [6.45, 7) is 11.8. The van der Waals surface area contributed by atoms with Crippen molar-refractivity contribution in [3.8, 4) is 22.9 Å². The van der Waals surface area contributed by atoms with Crippen molar-refractivity contribution in [2.45, 2.75) is 65.5 Å². The maximum absolute atomic E-state index is 14.2. The molecule has 0 radical (unpaired) electrons. The van der Waals surface area contributed by atoms with Crippen molar-refractivity contribution in [1.29, 1.82) is 0 Å². The van der Waals surface area contributed by atoms with E-state index in [0.717, 1.165) is 23.1 Å². The Morgan fingerprint density at radius 1 is 1.02 bits per heavy atom. The van der Waals surface area contributed by atoms with Gasteiger partial charge in [-0.25, -0.2) is 28.1 Å². The van der Waals surface area contributed by atoms with Crippen molar-refractivity contribution in [2.24, 2.45) is 5.92 Å². The summed E-state index contributed by atoms with van der Waals surface area (Å²) >= 11 is 0. The van der Waals surface area contributed by atoms with Crippen LogP contribution in [0.25, 0.3) is 11.3 Å². The second-order valence-electron chi connectivity index (χ2n) is 11.6. The molecule has 1 N–H and O–H groups in total. The number of fused-ring (bicyclic) bond motifs is 4. The molecule has 1 atom stereocenters. The Kier molecular flexibility index (Phi) is 9.66. The highest BCUT2D eigenvalue weighted by Gasteiger charge is 2.26. The average molecular weight is 643 g/mol. The molecule has 12 heteroatoms. The van der Waals surface area contributed by atoms with Crippen LogP contribution in [0.3, 0.4) is 0 Å². The Hall–Kier alpha value is -4.84. The lowest BCUT2D eigenvalue weighted by atomic mass is 10.00. The molecule has 1 aliphatic rings. The molecule has 1 aliphatic heterocycles. The number of allylic oxidation sites excluding steroid dienone is 1. The topological polar surface area (TPSA) is 136 Å². The Morgan fingerprint density at radius 2 is 1.72 bits per heavy atom. The van der Waals surface area contributed by atoms with Crippen molar-refractivity contribution in [1.82, 2.24) is 24.8 Å². The number of benzene rings is 2. The molecule has 0 aliphatic carbocycles. The van der Waals surface area contributed by atoms with Gasteiger partial charge < -0.3 is 14.4 Å². The monoisotopic (exact) mass is 642 g/mol. The molecule has 0 spiro atoms. The minimum Gasteiger partial charge on any atom is -0.487 e. The van der Waals surface area contributed by atoms with Gasteiger partial charge in [-0.1, -0.05) is 51.1 Å². The van der Waals surface area contributed by atoms with Gasteiger partial charge >= 0.3 is 0 Å². The molecule has 1 unspecified atom stereocenters. The number of aromatic nitrogens is 4. The van der Waals surface area contributed by atoms with E-state index >= 15 is 0 Å². The standard InChI is InChI=1S/C34H38N6O5S/c1-7-24(6)45-27-17-35-30(36-18-27)19-40-26(14-21(2)3)20-44-31-16-29(32-22(4)10-8-11-23(32)5)37-34(38-31)39-46(42,43)28-13-9-12-25(15-28)33(40)41/h8-18,21,24H,7,19-20H2,1-6H3,(H,37,38,39)/b26-14+. The van der Waals surface area contributed by atoms with Crippen LogP contribution in [0.4, 0.5) is 5.95 Å². The van der Waals surface area contributed by atoms with E-state index in [2.05, 4.69) is 24.7 Å². The average Bonchev–Trinajstić information content (AvgIpc) is 3.01. The van der Waals surface area contributed by atoms with Crippen LogP contribution in [0.5, 0.6) is 11.6 Å². The van der Waals surface area contributed by atoms with Gasteiger partial charge in [0.05, 0.1) is 41.3 Å². The zero-order valence-corrected chi connectivity index (χ0v) is 27.6. The SMILES string of the molecule is CCC(C)Oc1cnc(CN2C(=O)c3cccc(c3)S(=O)(=O)Nc3nc(cc(-c4c(C)cccc4C)n3)OC/C2=C\C(C)C)nc1. The van der Waals surface area contributed by atoms with E-state index < -0.39 is 15.9 Å². The number of nitrogens with zero attached hydrogens (tertiary/aromatic N) is 5. The zero-order chi connectivity index (χ0) is 33.0. The number of hydrogen-bond donors (Lipinski definition) is 1. The summed E-state index contributed by atoms with van der Waals surface area (Å²) in [5.41, 5.74) is 3.96. The van der Waals surface area contributed by atoms with E-state index in [1.54, 1.807) is 24.5 Å². The van der Waals surface area contributed by atoms with Crippen LogP contribution < -0.4 is 14.2 Å². The molecule has 3 heterocycles. The highest BCUT2D eigenvalue weighted by Crippen LogP contribution is 2.30. The van der Waals surface area contributed by atoms with Crippen molar-refractivity contribution in [2.75, 3.05) is 11.3 Å². The molecular weight excluding hydrogens is 604 g/mol. The highest BCUT2D eigenvalue weighted by molar-refractivity contribution is 7.92. The Bertz CT molecular complexity index is 1860. The maximum atomic E-state index is 14.2. The van der Waals surface area contributed by atoms with Gasteiger partial charge in [-0.3, -0.25) is 4.79 Å². The van der Waals surface area contributed by atoms with E-state index in [-0.39, 0.29) is 47.5 Å². The first-order valence-electron chi connectivity index (χ1n) is 15.1. The van der Waals surface area contributed by atoms with Gasteiger partial charge in [0.15, 0.2) is 5.75 Å². The van der Waals surface area contributed by atoms with Crippen LogP contribution in [0.1, 0.15) is 61.4 Å². The summed E-state index contributed by atoms with van der Waals surface area (Å²) in [5.74, 6) is 0.489. The molecule has 240 valence electrons. The summed E-state index contributed by atoms with van der Waals surface area (Å²) in [7, 11) is -4.18. The zero-order valence-electron chi connectivity index (χ0n) is 26.8. The van der Waals surface area contributed by atoms with Gasteiger partial charge in [-0.15, -0.1) is 0 Å². The minimum absolute atomic E-state index is 0.00225. The molecule has 2 aromatic carbocycles. The normalized spacial score (nSPS) is 16.1. The molecule has 0 fully saturated rings. The number of sulfonamides is 1. The smallest absolute Gasteiger partial charge is 0.264 e. The van der Waals surface area contributed by atoms with Crippen LogP contribution in [-0.2, 0) is 16.6 Å². The Morgan fingerprint density at radius 3 is 2.39 bits per heavy atom. The summed E-state index contributed by atoms with van der Waals surface area (Å²) in [5, 5.41) is 0. The first-order chi connectivity index (χ1) is 21.9. The van der Waals surface area contributed by atoms with E-state index in [0.29, 0.717) is 23.0 Å². The van der Waals surface area contributed by atoms with Crippen LogP contribution >= 0.6 is 0 Å². The van der Waals surface area contributed by atoms with Crippen LogP contribution in [0.15, 0.2) is 77.6 Å². The molecule has 0 saturated heterocycles. The summed E-state index contributed by atoms with van der Waals surface area (Å²) in [6, 6.07) is 13.4. The van der Waals surface area contributed by atoms with Gasteiger partial charge in [0.2, 0.25) is 11.8 Å². The number of amides is 1. The van der Waals surface area contributed by atoms with Crippen molar-refractivity contribution >= 4 is 21.9 Å². The van der Waals surface area contributed by atoms with Gasteiger partial charge in [0.25, 0.3) is 15.9 Å². The summed E-state index contributed by atoms with van der Waals surface area (Å²) < 4.78 is 41.7. The molecule has 1 amide bonds. The van der Waals surface area contributed by atoms with E-state index in [1.165, 1.54) is 23.1 Å². The number of nitrogens with one attached hydrogen (secondary N) is 1. The van der Waals surface area contributed by atoms with Crippen molar-refractivity contribution < 1.29 is 22.7 Å². The highest BCUT2D eigenvalue weighted by atomic mass is 32.2. The number of carbonyl (C=O) groups is 1. The first kappa shape index (κ1) is 32.6. The largest absolute Gasteiger partial charge is 0.487 e. The number of rotatable bonds is 7. The van der Waals surface area contributed by atoms with Crippen LogP contribution in [-0.4, -0.2) is 51.9 Å². The van der Waals surface area contributed by atoms with E-state index in [1.807, 2.05) is 65.8 Å². The third-order valence-electron chi connectivity index (χ3n) is 7.44. The Labute approximate surface area is 269 Å². The van der Waals surface area contributed by atoms with Crippen LogP contribution in [0.2, 0.25) is 0 Å². The lowest BCUT2D eigenvalue weighted by Crippen LogP contribution is -2.33. The van der Waals surface area contributed by atoms with Gasteiger partial charge in [-0.05, 0) is 62.4 Å². The maximum Gasteiger partial charge on any atom is 0.264 e. The molecule has 11 nitrogen and oxygen atoms in total. The third kappa shape index (κ3) is 7.51. The molecule has 4 bridgehead atoms. The summed E-state index contributed by atoms with van der Waals surface area (Å²) in [6.07, 6.45) is 5.92. The van der Waals surface area contributed by atoms with E-state index in [9.17, 15) is 13.2 Å². The molecule has 0 saturated carbocycles. The summed E-state index contributed by atoms with van der Waals surface area (Å²) in [4.78, 5) is 33.5. The van der Waals surface area contributed by atoms with Gasteiger partial charge in [-0.2, -0.15) is 4.98 Å². The molecule has 2 aromatic heterocycles. The van der Waals surface area contributed by atoms with E-state index in [4.69, 9.17) is 9.47 Å². The fraction of sp³-hybridized carbons (Fsp3) is 0.324. The second-order valence-corrected chi connectivity index (χ2v) is 13.3. The first-order valence-corrected chi connectivity index (χ1v) is 16.6. The number of ether oxygens (including phenoxy) is 2. The lowest BCUT2D eigenvalue weighted by Gasteiger charge is -2.26. The molecular formula is C34H38N6O5S. The molecule has 5 rings (SSSR count). The molecule has 46 heavy (non-hydrogen) atoms. The minimum atomic E-state index is -4.18. The van der Waals surface area contributed by atoms with Crippen molar-refractivity contribution in [3.63, 3.8) is 0 Å². The lowest BCUT2D eigenvalue weighted by molar-refractivity contribution is 0.0773. The Balaban J connectivity index is 1.62. The predicted molar refractivity (Wildman–Crippen MR) is 175 cm³/mol. The number of carbonyl (C=O) groups excluding carboxylic acids is 1. The quantitative estimate of drug-likeness (QED) is 0.253.